The van der Waals surface area contributed by atoms with Crippen molar-refractivity contribution in [3.05, 3.63) is 34.6 Å². The van der Waals surface area contributed by atoms with E-state index in [4.69, 9.17) is 11.6 Å². The Balaban J connectivity index is 2.70. The van der Waals surface area contributed by atoms with Gasteiger partial charge >= 0.3 is 0 Å². The maximum atomic E-state index is 13.5. The second-order valence-electron chi connectivity index (χ2n) is 4.45. The van der Waals surface area contributed by atoms with Crippen LogP contribution in [-0.4, -0.2) is 16.4 Å². The molecule has 0 aliphatic rings. The summed E-state index contributed by atoms with van der Waals surface area (Å²) in [5.74, 6) is -0.285. The smallest absolute Gasteiger partial charge is 0.224 e. The molecule has 2 nitrogen and oxygen atoms in total. The Morgan fingerprint density at radius 1 is 1.50 bits per heavy atom. The van der Waals surface area contributed by atoms with Gasteiger partial charge in [-0.15, -0.1) is 0 Å². The van der Waals surface area contributed by atoms with E-state index in [9.17, 15) is 9.18 Å². The van der Waals surface area contributed by atoms with Gasteiger partial charge in [0.2, 0.25) is 5.91 Å². The number of hydrogen-bond donors (Lipinski definition) is 1. The fourth-order valence-corrected chi connectivity index (χ4v) is 2.97. The first-order valence-corrected chi connectivity index (χ1v) is 7.64. The molecule has 0 saturated carbocycles. The molecule has 0 saturated heterocycles. The summed E-state index contributed by atoms with van der Waals surface area (Å²) in [6.07, 6.45) is -0.0225. The molecule has 1 N–H and O–H groups in total. The van der Waals surface area contributed by atoms with E-state index >= 15 is 0 Å². The van der Waals surface area contributed by atoms with Crippen LogP contribution in [0.1, 0.15) is 19.4 Å². The van der Waals surface area contributed by atoms with Gasteiger partial charge < -0.3 is 5.32 Å². The number of nitrogens with one attached hydrogen (secondary N) is 1. The van der Waals surface area contributed by atoms with Crippen LogP contribution >= 0.6 is 34.2 Å². The van der Waals surface area contributed by atoms with Crippen molar-refractivity contribution in [3.63, 3.8) is 0 Å². The van der Waals surface area contributed by atoms with Crippen molar-refractivity contribution in [1.29, 1.82) is 0 Å². The number of carbonyl (C=O) groups is 1. The summed E-state index contributed by atoms with van der Waals surface area (Å²) in [5.41, 5.74) is 0.257. The molecule has 0 aromatic heterocycles. The lowest BCUT2D eigenvalue weighted by atomic mass is 10.1. The Bertz CT molecular complexity index is 405. The minimum atomic E-state index is -0.437. The average Bonchev–Trinajstić information content (AvgIpc) is 2.30. The third-order valence-electron chi connectivity index (χ3n) is 2.72. The molecule has 0 spiro atoms. The van der Waals surface area contributed by atoms with E-state index < -0.39 is 5.82 Å². The van der Waals surface area contributed by atoms with Gasteiger partial charge in [-0.1, -0.05) is 54.1 Å². The zero-order chi connectivity index (χ0) is 13.7. The third-order valence-corrected chi connectivity index (χ3v) is 4.02. The van der Waals surface area contributed by atoms with Crippen LogP contribution in [0.15, 0.2) is 18.2 Å². The van der Waals surface area contributed by atoms with Crippen molar-refractivity contribution in [2.24, 2.45) is 5.92 Å². The highest BCUT2D eigenvalue weighted by Gasteiger charge is 2.17. The van der Waals surface area contributed by atoms with Crippen LogP contribution in [0, 0.1) is 11.7 Å². The molecular formula is C13H16ClFINO. The monoisotopic (exact) mass is 383 g/mol. The van der Waals surface area contributed by atoms with Crippen LogP contribution in [0.25, 0.3) is 0 Å². The SMILES string of the molecule is CC(C)C(CI)NC(=O)Cc1c(F)cccc1Cl. The molecule has 1 rings (SSSR count). The lowest BCUT2D eigenvalue weighted by Gasteiger charge is -2.20. The van der Waals surface area contributed by atoms with Crippen molar-refractivity contribution in [3.8, 4) is 0 Å². The molecule has 1 aromatic rings. The fourth-order valence-electron chi connectivity index (χ4n) is 1.50. The summed E-state index contributed by atoms with van der Waals surface area (Å²) in [5, 5.41) is 3.19. The van der Waals surface area contributed by atoms with Gasteiger partial charge in [0.05, 0.1) is 6.42 Å². The lowest BCUT2D eigenvalue weighted by molar-refractivity contribution is -0.121. The molecular weight excluding hydrogens is 368 g/mol. The van der Waals surface area contributed by atoms with Gasteiger partial charge in [-0.3, -0.25) is 4.79 Å². The highest BCUT2D eigenvalue weighted by atomic mass is 127. The van der Waals surface area contributed by atoms with Gasteiger partial charge in [-0.2, -0.15) is 0 Å². The van der Waals surface area contributed by atoms with E-state index in [2.05, 4.69) is 27.9 Å². The molecule has 1 aromatic carbocycles. The Kier molecular flexibility index (Phi) is 6.35. The van der Waals surface area contributed by atoms with Gasteiger partial charge in [0.25, 0.3) is 0 Å². The van der Waals surface area contributed by atoms with Gasteiger partial charge in [0.15, 0.2) is 0 Å². The van der Waals surface area contributed by atoms with Crippen molar-refractivity contribution in [2.45, 2.75) is 26.3 Å². The third kappa shape index (κ3) is 4.39. The van der Waals surface area contributed by atoms with E-state index in [0.717, 1.165) is 4.43 Å². The molecule has 0 aliphatic carbocycles. The minimum absolute atomic E-state index is 0.0225. The molecule has 0 radical (unpaired) electrons. The predicted molar refractivity (Wildman–Crippen MR) is 80.8 cm³/mol. The molecule has 0 bridgehead atoms. The van der Waals surface area contributed by atoms with Crippen LogP contribution in [-0.2, 0) is 11.2 Å². The van der Waals surface area contributed by atoms with Crippen LogP contribution in [0.2, 0.25) is 5.02 Å². The number of amides is 1. The zero-order valence-corrected chi connectivity index (χ0v) is 13.3. The summed E-state index contributed by atoms with van der Waals surface area (Å²) in [6.45, 7) is 4.08. The van der Waals surface area contributed by atoms with Crippen molar-refractivity contribution < 1.29 is 9.18 Å². The second kappa shape index (κ2) is 7.28. The van der Waals surface area contributed by atoms with E-state index in [0.29, 0.717) is 10.9 Å². The van der Waals surface area contributed by atoms with Crippen molar-refractivity contribution in [1.82, 2.24) is 5.32 Å². The van der Waals surface area contributed by atoms with E-state index in [1.165, 1.54) is 12.1 Å². The van der Waals surface area contributed by atoms with Crippen LogP contribution in [0.5, 0.6) is 0 Å². The van der Waals surface area contributed by atoms with Crippen LogP contribution < -0.4 is 5.32 Å². The molecule has 1 atom stereocenters. The number of hydrogen-bond acceptors (Lipinski definition) is 1. The first kappa shape index (κ1) is 15.7. The average molecular weight is 384 g/mol. The molecule has 1 unspecified atom stereocenters. The Hall–Kier alpha value is -0.360. The molecule has 100 valence electrons. The summed E-state index contributed by atoms with van der Waals surface area (Å²) in [4.78, 5) is 11.9. The quantitative estimate of drug-likeness (QED) is 0.611. The lowest BCUT2D eigenvalue weighted by Crippen LogP contribution is -2.40. The van der Waals surface area contributed by atoms with E-state index in [1.807, 2.05) is 13.8 Å². The highest BCUT2D eigenvalue weighted by molar-refractivity contribution is 14.1. The summed E-state index contributed by atoms with van der Waals surface area (Å²) >= 11 is 8.11. The Morgan fingerprint density at radius 2 is 2.17 bits per heavy atom. The van der Waals surface area contributed by atoms with Gasteiger partial charge in [0, 0.05) is 21.1 Å². The molecule has 5 heteroatoms. The van der Waals surface area contributed by atoms with Crippen molar-refractivity contribution in [2.75, 3.05) is 4.43 Å². The van der Waals surface area contributed by atoms with E-state index in [-0.39, 0.29) is 23.9 Å². The summed E-state index contributed by atoms with van der Waals surface area (Å²) < 4.78 is 14.3. The molecule has 0 aliphatic heterocycles. The number of rotatable bonds is 5. The number of alkyl halides is 1. The number of benzene rings is 1. The molecule has 0 heterocycles. The van der Waals surface area contributed by atoms with E-state index in [1.54, 1.807) is 6.07 Å². The maximum absolute atomic E-state index is 13.5. The number of carbonyl (C=O) groups excluding carboxylic acids is 1. The first-order valence-electron chi connectivity index (χ1n) is 5.74. The highest BCUT2D eigenvalue weighted by Crippen LogP contribution is 2.19. The van der Waals surface area contributed by atoms with Gasteiger partial charge in [-0.25, -0.2) is 4.39 Å². The second-order valence-corrected chi connectivity index (χ2v) is 5.74. The Labute approximate surface area is 125 Å². The topological polar surface area (TPSA) is 29.1 Å². The van der Waals surface area contributed by atoms with Gasteiger partial charge in [-0.05, 0) is 18.1 Å². The molecule has 0 fully saturated rings. The Morgan fingerprint density at radius 3 is 2.67 bits per heavy atom. The molecule has 1 amide bonds. The predicted octanol–water partition coefficient (Wildman–Crippen LogP) is 3.60. The van der Waals surface area contributed by atoms with Gasteiger partial charge in [0.1, 0.15) is 5.82 Å². The van der Waals surface area contributed by atoms with Crippen molar-refractivity contribution >= 4 is 40.1 Å². The maximum Gasteiger partial charge on any atom is 0.224 e. The van der Waals surface area contributed by atoms with Crippen LogP contribution in [0.3, 0.4) is 0 Å². The first-order chi connectivity index (χ1) is 8.45. The zero-order valence-electron chi connectivity index (χ0n) is 10.3. The summed E-state index contributed by atoms with van der Waals surface area (Å²) in [7, 11) is 0. The molecule has 18 heavy (non-hydrogen) atoms. The minimum Gasteiger partial charge on any atom is -0.352 e. The normalized spacial score (nSPS) is 12.6. The standard InChI is InChI=1S/C13H16ClFINO/c1-8(2)12(7-16)17-13(18)6-9-10(14)4-3-5-11(9)15/h3-5,8,12H,6-7H2,1-2H3,(H,17,18). The number of halogens is 3. The van der Waals surface area contributed by atoms with Crippen LogP contribution in [0.4, 0.5) is 4.39 Å². The summed E-state index contributed by atoms with van der Waals surface area (Å²) in [6, 6.07) is 4.53. The largest absolute Gasteiger partial charge is 0.352 e. The fraction of sp³-hybridized carbons (Fsp3) is 0.462.